The normalized spacial score (nSPS) is 12.6. The van der Waals surface area contributed by atoms with Crippen molar-refractivity contribution < 1.29 is 16.6 Å². The molecule has 10 heavy (non-hydrogen) atoms. The van der Waals surface area contributed by atoms with Crippen LogP contribution in [-0.4, -0.2) is 18.7 Å². The molecule has 0 aromatic heterocycles. The van der Waals surface area contributed by atoms with E-state index in [4.69, 9.17) is 4.55 Å². The van der Waals surface area contributed by atoms with Gasteiger partial charge in [-0.2, -0.15) is 12.0 Å². The van der Waals surface area contributed by atoms with Crippen molar-refractivity contribution in [1.29, 1.82) is 0 Å². The predicted molar refractivity (Wildman–Crippen MR) is 39.9 cm³/mol. The van der Waals surface area contributed by atoms with Crippen LogP contribution in [0.5, 0.6) is 0 Å². The molecule has 4 nitrogen and oxygen atoms in total. The van der Waals surface area contributed by atoms with E-state index in [2.05, 4.69) is 3.63 Å². The van der Waals surface area contributed by atoms with Gasteiger partial charge < -0.3 is 0 Å². The highest BCUT2D eigenvalue weighted by atomic mass is 32.3. The molecule has 0 aliphatic rings. The zero-order chi connectivity index (χ0) is 8.04. The first-order valence-corrected chi connectivity index (χ1v) is 4.73. The van der Waals surface area contributed by atoms with E-state index in [1.165, 1.54) is 0 Å². The Bertz CT molecular complexity index is 193. The first-order valence-electron chi connectivity index (χ1n) is 2.46. The summed E-state index contributed by atoms with van der Waals surface area (Å²) in [4.78, 5) is 0. The molecular formula is C4H8O4S2. The molecule has 0 saturated heterocycles. The summed E-state index contributed by atoms with van der Waals surface area (Å²) < 4.78 is 31.7. The summed E-state index contributed by atoms with van der Waals surface area (Å²) >= 11 is 0.660. The van der Waals surface area contributed by atoms with Crippen molar-refractivity contribution in [1.82, 2.24) is 0 Å². The third-order valence-electron chi connectivity index (χ3n) is 0.534. The minimum Gasteiger partial charge on any atom is -0.263 e. The minimum absolute atomic E-state index is 0.399. The van der Waals surface area contributed by atoms with Gasteiger partial charge in [0.15, 0.2) is 0 Å². The first-order chi connectivity index (χ1) is 4.56. The highest BCUT2D eigenvalue weighted by molar-refractivity contribution is 8.02. The molecule has 0 atom stereocenters. The number of hydrogen-bond donors (Lipinski definition) is 1. The molecule has 0 spiro atoms. The number of hydrogen-bond acceptors (Lipinski definition) is 4. The summed E-state index contributed by atoms with van der Waals surface area (Å²) in [7, 11) is -4.28. The van der Waals surface area contributed by atoms with Crippen LogP contribution >= 0.6 is 12.0 Å². The molecule has 0 aromatic carbocycles. The van der Waals surface area contributed by atoms with E-state index >= 15 is 0 Å². The van der Waals surface area contributed by atoms with Crippen LogP contribution in [0.2, 0.25) is 0 Å². The van der Waals surface area contributed by atoms with Crippen molar-refractivity contribution in [2.75, 3.05) is 5.75 Å². The van der Waals surface area contributed by atoms with Gasteiger partial charge in [-0.25, -0.2) is 0 Å². The van der Waals surface area contributed by atoms with Gasteiger partial charge in [-0.05, 0) is 6.92 Å². The molecule has 0 rings (SSSR count). The average molecular weight is 184 g/mol. The summed E-state index contributed by atoms with van der Waals surface area (Å²) in [6.07, 6.45) is 3.45. The van der Waals surface area contributed by atoms with Gasteiger partial charge in [-0.1, -0.05) is 12.2 Å². The van der Waals surface area contributed by atoms with E-state index in [0.717, 1.165) is 0 Å². The Morgan fingerprint density at radius 1 is 1.70 bits per heavy atom. The first kappa shape index (κ1) is 9.96. The van der Waals surface area contributed by atoms with Crippen LogP contribution in [0.1, 0.15) is 6.92 Å². The SMILES string of the molecule is CC=CCSOS(=O)(=O)O. The van der Waals surface area contributed by atoms with E-state index < -0.39 is 10.4 Å². The lowest BCUT2D eigenvalue weighted by atomic mass is 10.6. The lowest BCUT2D eigenvalue weighted by molar-refractivity contribution is 0.408. The summed E-state index contributed by atoms with van der Waals surface area (Å²) in [5.41, 5.74) is 0. The Morgan fingerprint density at radius 2 is 2.30 bits per heavy atom. The maximum absolute atomic E-state index is 9.88. The Morgan fingerprint density at radius 3 is 2.70 bits per heavy atom. The Kier molecular flexibility index (Phi) is 4.71. The van der Waals surface area contributed by atoms with Gasteiger partial charge in [0.05, 0.1) is 0 Å². The standard InChI is InChI=1S/C4H8O4S2/c1-2-3-4-9-8-10(5,6)7/h2-3H,4H2,1H3,(H,5,6,7). The van der Waals surface area contributed by atoms with Crippen LogP contribution in [0.3, 0.4) is 0 Å². The van der Waals surface area contributed by atoms with Gasteiger partial charge in [-0.3, -0.25) is 4.55 Å². The van der Waals surface area contributed by atoms with Crippen molar-refractivity contribution in [3.63, 3.8) is 0 Å². The molecule has 0 heterocycles. The molecule has 0 bridgehead atoms. The fourth-order valence-electron chi connectivity index (χ4n) is 0.224. The van der Waals surface area contributed by atoms with Crippen LogP contribution in [0.4, 0.5) is 0 Å². The Labute approximate surface area is 64.4 Å². The largest absolute Gasteiger partial charge is 0.408 e. The monoisotopic (exact) mass is 184 g/mol. The Balaban J connectivity index is 3.39. The summed E-state index contributed by atoms with van der Waals surface area (Å²) in [6, 6.07) is 0. The molecule has 6 heteroatoms. The molecule has 0 amide bonds. The molecular weight excluding hydrogens is 176 g/mol. The fourth-order valence-corrected chi connectivity index (χ4v) is 1.20. The van der Waals surface area contributed by atoms with E-state index in [1.807, 2.05) is 0 Å². The molecule has 0 aliphatic carbocycles. The van der Waals surface area contributed by atoms with Gasteiger partial charge >= 0.3 is 10.4 Å². The minimum atomic E-state index is -4.28. The zero-order valence-electron chi connectivity index (χ0n) is 5.35. The maximum atomic E-state index is 9.88. The van der Waals surface area contributed by atoms with E-state index in [1.54, 1.807) is 19.1 Å². The van der Waals surface area contributed by atoms with Crippen LogP contribution in [0, 0.1) is 0 Å². The Hall–Kier alpha value is -0.0400. The van der Waals surface area contributed by atoms with Gasteiger partial charge in [0.2, 0.25) is 0 Å². The molecule has 0 fully saturated rings. The van der Waals surface area contributed by atoms with Crippen LogP contribution in [0.15, 0.2) is 12.2 Å². The van der Waals surface area contributed by atoms with Crippen molar-refractivity contribution in [3.05, 3.63) is 12.2 Å². The number of allylic oxidation sites excluding steroid dienone is 1. The van der Waals surface area contributed by atoms with Gasteiger partial charge in [-0.15, -0.1) is 0 Å². The van der Waals surface area contributed by atoms with Crippen molar-refractivity contribution in [2.24, 2.45) is 0 Å². The van der Waals surface area contributed by atoms with Crippen molar-refractivity contribution >= 4 is 22.4 Å². The lowest BCUT2D eigenvalue weighted by Gasteiger charge is -1.92. The highest BCUT2D eigenvalue weighted by Gasteiger charge is 2.02. The predicted octanol–water partition coefficient (Wildman–Crippen LogP) is 1.03. The quantitative estimate of drug-likeness (QED) is 0.306. The molecule has 60 valence electrons. The second-order valence-corrected chi connectivity index (χ2v) is 3.32. The lowest BCUT2D eigenvalue weighted by Crippen LogP contribution is -1.96. The van der Waals surface area contributed by atoms with Crippen LogP contribution in [0.25, 0.3) is 0 Å². The van der Waals surface area contributed by atoms with Crippen molar-refractivity contribution in [2.45, 2.75) is 6.92 Å². The molecule has 0 unspecified atom stereocenters. The van der Waals surface area contributed by atoms with Crippen molar-refractivity contribution in [3.8, 4) is 0 Å². The molecule has 0 radical (unpaired) electrons. The van der Waals surface area contributed by atoms with Crippen LogP contribution in [-0.2, 0) is 14.0 Å². The topological polar surface area (TPSA) is 63.6 Å². The van der Waals surface area contributed by atoms with Crippen LogP contribution < -0.4 is 0 Å². The number of rotatable bonds is 4. The third kappa shape index (κ3) is 7.96. The molecule has 0 aromatic rings. The smallest absolute Gasteiger partial charge is 0.263 e. The van der Waals surface area contributed by atoms with E-state index in [-0.39, 0.29) is 0 Å². The van der Waals surface area contributed by atoms with Gasteiger partial charge in [0, 0.05) is 17.8 Å². The highest BCUT2D eigenvalue weighted by Crippen LogP contribution is 2.05. The van der Waals surface area contributed by atoms with E-state index in [0.29, 0.717) is 17.8 Å². The van der Waals surface area contributed by atoms with E-state index in [9.17, 15) is 8.42 Å². The zero-order valence-corrected chi connectivity index (χ0v) is 6.98. The van der Waals surface area contributed by atoms with Gasteiger partial charge in [0.25, 0.3) is 0 Å². The second kappa shape index (κ2) is 4.73. The fraction of sp³-hybridized carbons (Fsp3) is 0.500. The molecule has 0 aliphatic heterocycles. The third-order valence-corrected chi connectivity index (χ3v) is 1.94. The second-order valence-electron chi connectivity index (χ2n) is 1.35. The summed E-state index contributed by atoms with van der Waals surface area (Å²) in [5.74, 6) is 0.399. The summed E-state index contributed by atoms with van der Waals surface area (Å²) in [6.45, 7) is 1.80. The maximum Gasteiger partial charge on any atom is 0.408 e. The summed E-state index contributed by atoms with van der Waals surface area (Å²) in [5, 5.41) is 0. The average Bonchev–Trinajstić information content (AvgIpc) is 1.78. The van der Waals surface area contributed by atoms with Gasteiger partial charge in [0.1, 0.15) is 0 Å². The molecule has 1 N–H and O–H groups in total. The molecule has 0 saturated carbocycles.